The third-order valence-corrected chi connectivity index (χ3v) is 5.25. The van der Waals surface area contributed by atoms with Crippen LogP contribution < -0.4 is 5.73 Å². The minimum Gasteiger partial charge on any atom is -0.326 e. The Morgan fingerprint density at radius 3 is 2.43 bits per heavy atom. The standard InChI is InChI=1S/C19H22N2/c20-19-17(14-6-2-1-3-7-14)10-11-21-13-16-9-5-4-8-15(16)12-18(19)21/h1-9,17-19H,10-13,20H2/t17-,18+,19-/m0/s1. The molecule has 0 aliphatic carbocycles. The van der Waals surface area contributed by atoms with Gasteiger partial charge in [0.1, 0.15) is 0 Å². The molecule has 0 aromatic heterocycles. The highest BCUT2D eigenvalue weighted by molar-refractivity contribution is 5.32. The van der Waals surface area contributed by atoms with Gasteiger partial charge in [0.15, 0.2) is 0 Å². The molecule has 2 aliphatic rings. The van der Waals surface area contributed by atoms with E-state index < -0.39 is 0 Å². The van der Waals surface area contributed by atoms with E-state index in [1.165, 1.54) is 23.1 Å². The molecule has 1 saturated heterocycles. The second-order valence-electron chi connectivity index (χ2n) is 6.39. The molecule has 2 heterocycles. The minimum atomic E-state index is 0.231. The molecule has 0 amide bonds. The summed E-state index contributed by atoms with van der Waals surface area (Å²) in [6.07, 6.45) is 2.27. The molecule has 2 aliphatic heterocycles. The van der Waals surface area contributed by atoms with Crippen LogP contribution in [0.2, 0.25) is 0 Å². The zero-order valence-corrected chi connectivity index (χ0v) is 12.3. The summed E-state index contributed by atoms with van der Waals surface area (Å²) in [5.41, 5.74) is 11.1. The fourth-order valence-electron chi connectivity index (χ4n) is 4.08. The average Bonchev–Trinajstić information content (AvgIpc) is 2.55. The Morgan fingerprint density at radius 1 is 0.905 bits per heavy atom. The van der Waals surface area contributed by atoms with Crippen LogP contribution in [0.3, 0.4) is 0 Å². The second kappa shape index (κ2) is 5.28. The molecule has 2 nitrogen and oxygen atoms in total. The van der Waals surface area contributed by atoms with Gasteiger partial charge in [-0.15, -0.1) is 0 Å². The molecular formula is C19H22N2. The molecule has 0 radical (unpaired) electrons. The first-order valence-corrected chi connectivity index (χ1v) is 7.94. The molecule has 21 heavy (non-hydrogen) atoms. The molecule has 0 bridgehead atoms. The first-order chi connectivity index (χ1) is 10.3. The monoisotopic (exact) mass is 278 g/mol. The van der Waals surface area contributed by atoms with Crippen molar-refractivity contribution in [2.75, 3.05) is 6.54 Å². The maximum absolute atomic E-state index is 6.68. The fraction of sp³-hybridized carbons (Fsp3) is 0.368. The van der Waals surface area contributed by atoms with Crippen molar-refractivity contribution in [1.29, 1.82) is 0 Å². The van der Waals surface area contributed by atoms with Gasteiger partial charge in [-0.1, -0.05) is 54.6 Å². The van der Waals surface area contributed by atoms with Crippen molar-refractivity contribution in [1.82, 2.24) is 4.90 Å². The van der Waals surface area contributed by atoms with Crippen LogP contribution in [-0.2, 0) is 13.0 Å². The summed E-state index contributed by atoms with van der Waals surface area (Å²) in [4.78, 5) is 2.59. The normalized spacial score (nSPS) is 28.7. The van der Waals surface area contributed by atoms with E-state index in [0.29, 0.717) is 12.0 Å². The minimum absolute atomic E-state index is 0.231. The van der Waals surface area contributed by atoms with Gasteiger partial charge in [0.25, 0.3) is 0 Å². The zero-order valence-electron chi connectivity index (χ0n) is 12.3. The van der Waals surface area contributed by atoms with Crippen LogP contribution in [0.15, 0.2) is 54.6 Å². The van der Waals surface area contributed by atoms with Gasteiger partial charge in [-0.2, -0.15) is 0 Å². The van der Waals surface area contributed by atoms with Gasteiger partial charge in [-0.05, 0) is 36.1 Å². The summed E-state index contributed by atoms with van der Waals surface area (Å²) < 4.78 is 0. The Hall–Kier alpha value is -1.64. The maximum atomic E-state index is 6.68. The Balaban J connectivity index is 1.62. The van der Waals surface area contributed by atoms with Gasteiger partial charge in [0.2, 0.25) is 0 Å². The molecule has 2 heteroatoms. The molecule has 2 aromatic rings. The number of nitrogens with zero attached hydrogens (tertiary/aromatic N) is 1. The summed E-state index contributed by atoms with van der Waals surface area (Å²) in [6, 6.07) is 20.4. The molecule has 3 atom stereocenters. The predicted molar refractivity (Wildman–Crippen MR) is 86.1 cm³/mol. The lowest BCUT2D eigenvalue weighted by molar-refractivity contribution is 0.0947. The van der Waals surface area contributed by atoms with Crippen molar-refractivity contribution in [3.8, 4) is 0 Å². The van der Waals surface area contributed by atoms with Crippen molar-refractivity contribution in [3.63, 3.8) is 0 Å². The van der Waals surface area contributed by atoms with Crippen molar-refractivity contribution in [2.45, 2.75) is 37.4 Å². The molecule has 0 unspecified atom stereocenters. The van der Waals surface area contributed by atoms with E-state index in [0.717, 1.165) is 19.5 Å². The SMILES string of the molecule is N[C@@H]1[C@H]2Cc3ccccc3CN2CC[C@H]1c1ccccc1. The Bertz CT molecular complexity index is 622. The molecule has 0 saturated carbocycles. The van der Waals surface area contributed by atoms with Crippen molar-refractivity contribution in [3.05, 3.63) is 71.3 Å². The van der Waals surface area contributed by atoms with Crippen molar-refractivity contribution < 1.29 is 0 Å². The number of rotatable bonds is 1. The summed E-state index contributed by atoms with van der Waals surface area (Å²) in [6.45, 7) is 2.22. The topological polar surface area (TPSA) is 29.3 Å². The van der Waals surface area contributed by atoms with Gasteiger partial charge in [-0.3, -0.25) is 4.90 Å². The number of hydrogen-bond acceptors (Lipinski definition) is 2. The van der Waals surface area contributed by atoms with E-state index in [1.807, 2.05) is 0 Å². The lowest BCUT2D eigenvalue weighted by Gasteiger charge is -2.47. The molecule has 2 aromatic carbocycles. The maximum Gasteiger partial charge on any atom is 0.0297 e. The zero-order chi connectivity index (χ0) is 14.2. The third-order valence-electron chi connectivity index (χ3n) is 5.25. The largest absolute Gasteiger partial charge is 0.326 e. The number of fused-ring (bicyclic) bond motifs is 2. The number of nitrogens with two attached hydrogens (primary N) is 1. The summed E-state index contributed by atoms with van der Waals surface area (Å²) >= 11 is 0. The Kier molecular flexibility index (Phi) is 3.28. The number of hydrogen-bond donors (Lipinski definition) is 1. The first kappa shape index (κ1) is 13.1. The van der Waals surface area contributed by atoms with Crippen molar-refractivity contribution >= 4 is 0 Å². The van der Waals surface area contributed by atoms with Gasteiger partial charge < -0.3 is 5.73 Å². The van der Waals surface area contributed by atoms with Gasteiger partial charge in [0, 0.05) is 24.5 Å². The van der Waals surface area contributed by atoms with Crippen LogP contribution in [0.25, 0.3) is 0 Å². The van der Waals surface area contributed by atoms with E-state index in [1.54, 1.807) is 0 Å². The van der Waals surface area contributed by atoms with E-state index in [2.05, 4.69) is 59.5 Å². The molecular weight excluding hydrogens is 256 g/mol. The van der Waals surface area contributed by atoms with Crippen molar-refractivity contribution in [2.24, 2.45) is 5.73 Å². The molecule has 1 fully saturated rings. The van der Waals surface area contributed by atoms with Crippen LogP contribution in [0, 0.1) is 0 Å². The van der Waals surface area contributed by atoms with E-state index in [4.69, 9.17) is 5.73 Å². The molecule has 2 N–H and O–H groups in total. The van der Waals surface area contributed by atoms with Gasteiger partial charge >= 0.3 is 0 Å². The highest BCUT2D eigenvalue weighted by Crippen LogP contribution is 2.35. The first-order valence-electron chi connectivity index (χ1n) is 7.94. The van der Waals surface area contributed by atoms with E-state index >= 15 is 0 Å². The Labute approximate surface area is 126 Å². The van der Waals surface area contributed by atoms with Gasteiger partial charge in [-0.25, -0.2) is 0 Å². The van der Waals surface area contributed by atoms with E-state index in [9.17, 15) is 0 Å². The van der Waals surface area contributed by atoms with Crippen LogP contribution >= 0.6 is 0 Å². The lowest BCUT2D eigenvalue weighted by atomic mass is 9.77. The average molecular weight is 278 g/mol. The predicted octanol–water partition coefficient (Wildman–Crippen LogP) is 2.93. The highest BCUT2D eigenvalue weighted by Gasteiger charge is 2.38. The quantitative estimate of drug-likeness (QED) is 0.869. The van der Waals surface area contributed by atoms with Crippen LogP contribution in [0.1, 0.15) is 29.0 Å². The second-order valence-corrected chi connectivity index (χ2v) is 6.39. The molecule has 4 rings (SSSR count). The lowest BCUT2D eigenvalue weighted by Crippen LogP contribution is -2.57. The Morgan fingerprint density at radius 2 is 1.62 bits per heavy atom. The third kappa shape index (κ3) is 2.29. The summed E-state index contributed by atoms with van der Waals surface area (Å²) in [7, 11) is 0. The number of benzene rings is 2. The summed E-state index contributed by atoms with van der Waals surface area (Å²) in [5, 5.41) is 0. The van der Waals surface area contributed by atoms with E-state index in [-0.39, 0.29) is 6.04 Å². The molecule has 0 spiro atoms. The highest BCUT2D eigenvalue weighted by atomic mass is 15.2. The van der Waals surface area contributed by atoms with Gasteiger partial charge in [0.05, 0.1) is 0 Å². The van der Waals surface area contributed by atoms with Crippen LogP contribution in [-0.4, -0.2) is 23.5 Å². The molecule has 108 valence electrons. The van der Waals surface area contributed by atoms with Crippen LogP contribution in [0.4, 0.5) is 0 Å². The fourth-order valence-corrected chi connectivity index (χ4v) is 4.08. The number of piperidine rings is 1. The smallest absolute Gasteiger partial charge is 0.0297 e. The summed E-state index contributed by atoms with van der Waals surface area (Å²) in [5.74, 6) is 0.498. The van der Waals surface area contributed by atoms with Crippen LogP contribution in [0.5, 0.6) is 0 Å².